The van der Waals surface area contributed by atoms with Crippen LogP contribution in [0.15, 0.2) is 54.7 Å². The summed E-state index contributed by atoms with van der Waals surface area (Å²) in [5.41, 5.74) is 8.51. The van der Waals surface area contributed by atoms with E-state index in [-0.39, 0.29) is 0 Å². The number of aryl methyl sites for hydroxylation is 1. The highest BCUT2D eigenvalue weighted by molar-refractivity contribution is 7.80. The van der Waals surface area contributed by atoms with Crippen LogP contribution in [0.2, 0.25) is 0 Å². The van der Waals surface area contributed by atoms with Crippen molar-refractivity contribution in [2.75, 3.05) is 0 Å². The van der Waals surface area contributed by atoms with Crippen molar-refractivity contribution in [3.63, 3.8) is 0 Å². The van der Waals surface area contributed by atoms with E-state index in [4.69, 9.17) is 22.7 Å². The monoisotopic (exact) mass is 294 g/mol. The molecule has 1 heterocycles. The van der Waals surface area contributed by atoms with Gasteiger partial charge in [-0.1, -0.05) is 29.9 Å². The zero-order valence-corrected chi connectivity index (χ0v) is 12.4. The van der Waals surface area contributed by atoms with Gasteiger partial charge in [-0.05, 0) is 43.3 Å². The molecular formula is C17H14N2OS. The third kappa shape index (κ3) is 2.71. The van der Waals surface area contributed by atoms with Crippen LogP contribution in [-0.4, -0.2) is 9.97 Å². The first kappa shape index (κ1) is 13.5. The van der Waals surface area contributed by atoms with E-state index in [1.807, 2.05) is 55.5 Å². The first-order valence-corrected chi connectivity index (χ1v) is 6.98. The molecule has 0 unspecified atom stereocenters. The molecule has 0 saturated carbocycles. The number of rotatable bonds is 3. The smallest absolute Gasteiger partial charge is 0.137 e. The topological polar surface area (TPSA) is 48.1 Å². The first-order valence-electron chi connectivity index (χ1n) is 6.57. The van der Waals surface area contributed by atoms with Crippen molar-refractivity contribution in [3.05, 3.63) is 65.9 Å². The van der Waals surface area contributed by atoms with Crippen molar-refractivity contribution in [2.24, 2.45) is 5.73 Å². The predicted octanol–water partition coefficient (Wildman–Crippen LogP) is 3.97. The summed E-state index contributed by atoms with van der Waals surface area (Å²) in [5.74, 6) is 1.39. The molecule has 0 fully saturated rings. The number of hydrogen-bond acceptors (Lipinski definition) is 3. The van der Waals surface area contributed by atoms with Crippen LogP contribution in [0.3, 0.4) is 0 Å². The lowest BCUT2D eigenvalue weighted by molar-refractivity contribution is 0.487. The molecule has 0 spiro atoms. The zero-order chi connectivity index (χ0) is 14.8. The number of ether oxygens (including phenoxy) is 1. The average Bonchev–Trinajstić information content (AvgIpc) is 2.49. The van der Waals surface area contributed by atoms with E-state index in [1.54, 1.807) is 6.20 Å². The number of pyridine rings is 1. The van der Waals surface area contributed by atoms with Gasteiger partial charge in [0.2, 0.25) is 0 Å². The molecule has 0 saturated heterocycles. The zero-order valence-electron chi connectivity index (χ0n) is 11.5. The SMILES string of the molecule is Cc1ccc(Oc2cccc3ncccc23)c(C(N)=S)c1. The summed E-state index contributed by atoms with van der Waals surface area (Å²) in [6.45, 7) is 1.99. The van der Waals surface area contributed by atoms with Crippen LogP contribution in [0, 0.1) is 6.92 Å². The van der Waals surface area contributed by atoms with Gasteiger partial charge in [0.05, 0.1) is 11.1 Å². The van der Waals surface area contributed by atoms with Crippen molar-refractivity contribution in [1.82, 2.24) is 4.98 Å². The number of nitrogens with zero attached hydrogens (tertiary/aromatic N) is 1. The van der Waals surface area contributed by atoms with Gasteiger partial charge in [0, 0.05) is 11.6 Å². The second-order valence-electron chi connectivity index (χ2n) is 4.79. The summed E-state index contributed by atoms with van der Waals surface area (Å²) in [5, 5.41) is 0.953. The van der Waals surface area contributed by atoms with Crippen LogP contribution in [0.25, 0.3) is 10.9 Å². The van der Waals surface area contributed by atoms with Gasteiger partial charge in [0.15, 0.2) is 0 Å². The first-order chi connectivity index (χ1) is 10.1. The Morgan fingerprint density at radius 3 is 2.76 bits per heavy atom. The molecule has 0 aliphatic carbocycles. The van der Waals surface area contributed by atoms with E-state index in [2.05, 4.69) is 4.98 Å². The van der Waals surface area contributed by atoms with Crippen LogP contribution >= 0.6 is 12.2 Å². The molecule has 21 heavy (non-hydrogen) atoms. The molecule has 0 aliphatic heterocycles. The summed E-state index contributed by atoms with van der Waals surface area (Å²) in [7, 11) is 0. The van der Waals surface area contributed by atoms with E-state index in [9.17, 15) is 0 Å². The Morgan fingerprint density at radius 2 is 1.95 bits per heavy atom. The lowest BCUT2D eigenvalue weighted by Gasteiger charge is -2.12. The summed E-state index contributed by atoms with van der Waals surface area (Å²) in [6.07, 6.45) is 1.76. The summed E-state index contributed by atoms with van der Waals surface area (Å²) in [6, 6.07) is 15.4. The van der Waals surface area contributed by atoms with Crippen LogP contribution in [0.4, 0.5) is 0 Å². The maximum absolute atomic E-state index is 6.03. The van der Waals surface area contributed by atoms with E-state index < -0.39 is 0 Å². The molecule has 4 heteroatoms. The number of thiocarbonyl (C=S) groups is 1. The molecule has 0 aliphatic rings. The number of nitrogens with two attached hydrogens (primary N) is 1. The number of benzene rings is 2. The molecular weight excluding hydrogens is 280 g/mol. The minimum Gasteiger partial charge on any atom is -0.456 e. The highest BCUT2D eigenvalue weighted by Crippen LogP contribution is 2.31. The van der Waals surface area contributed by atoms with Gasteiger partial charge < -0.3 is 10.5 Å². The van der Waals surface area contributed by atoms with Crippen LogP contribution < -0.4 is 10.5 Å². The maximum atomic E-state index is 6.03. The van der Waals surface area contributed by atoms with Crippen molar-refractivity contribution >= 4 is 28.1 Å². The molecule has 2 N–H and O–H groups in total. The third-order valence-corrected chi connectivity index (χ3v) is 3.45. The molecule has 0 atom stereocenters. The van der Waals surface area contributed by atoms with Crippen molar-refractivity contribution in [1.29, 1.82) is 0 Å². The van der Waals surface area contributed by atoms with Crippen molar-refractivity contribution in [3.8, 4) is 11.5 Å². The van der Waals surface area contributed by atoms with Crippen molar-refractivity contribution in [2.45, 2.75) is 6.92 Å². The van der Waals surface area contributed by atoms with Gasteiger partial charge in [-0.2, -0.15) is 0 Å². The van der Waals surface area contributed by atoms with Gasteiger partial charge in [0.1, 0.15) is 16.5 Å². The molecule has 0 amide bonds. The Bertz CT molecular complexity index is 825. The standard InChI is InChI=1S/C17H14N2OS/c1-11-7-8-16(13(10-11)17(18)21)20-15-6-2-5-14-12(15)4-3-9-19-14/h2-10H,1H3,(H2,18,21). The van der Waals surface area contributed by atoms with Gasteiger partial charge in [-0.15, -0.1) is 0 Å². The van der Waals surface area contributed by atoms with E-state index in [1.165, 1.54) is 0 Å². The minimum absolute atomic E-state index is 0.326. The Kier molecular flexibility index (Phi) is 3.54. The van der Waals surface area contributed by atoms with Gasteiger partial charge >= 0.3 is 0 Å². The summed E-state index contributed by atoms with van der Waals surface area (Å²) in [4.78, 5) is 4.65. The number of aromatic nitrogens is 1. The average molecular weight is 294 g/mol. The van der Waals surface area contributed by atoms with E-state index in [0.717, 1.165) is 27.8 Å². The lowest BCUT2D eigenvalue weighted by atomic mass is 10.1. The Morgan fingerprint density at radius 1 is 1.10 bits per heavy atom. The number of fused-ring (bicyclic) bond motifs is 1. The fraction of sp³-hybridized carbons (Fsp3) is 0.0588. The van der Waals surface area contributed by atoms with Gasteiger partial charge in [-0.25, -0.2) is 0 Å². The van der Waals surface area contributed by atoms with Gasteiger partial charge in [0.25, 0.3) is 0 Å². The number of hydrogen-bond donors (Lipinski definition) is 1. The Balaban J connectivity index is 2.09. The molecule has 2 aromatic carbocycles. The van der Waals surface area contributed by atoms with Crippen LogP contribution in [0.5, 0.6) is 11.5 Å². The lowest BCUT2D eigenvalue weighted by Crippen LogP contribution is -2.11. The normalized spacial score (nSPS) is 10.5. The summed E-state index contributed by atoms with van der Waals surface area (Å²) >= 11 is 5.11. The van der Waals surface area contributed by atoms with E-state index in [0.29, 0.717) is 10.7 Å². The van der Waals surface area contributed by atoms with Gasteiger partial charge in [-0.3, -0.25) is 4.98 Å². The quantitative estimate of drug-likeness (QED) is 0.743. The molecule has 1 aromatic heterocycles. The molecule has 3 rings (SSSR count). The molecule has 0 bridgehead atoms. The minimum atomic E-state index is 0.326. The fourth-order valence-electron chi connectivity index (χ4n) is 2.21. The van der Waals surface area contributed by atoms with Crippen molar-refractivity contribution < 1.29 is 4.74 Å². The molecule has 0 radical (unpaired) electrons. The largest absolute Gasteiger partial charge is 0.456 e. The molecule has 104 valence electrons. The van der Waals surface area contributed by atoms with Crippen LogP contribution in [0.1, 0.15) is 11.1 Å². The Labute approximate surface area is 128 Å². The maximum Gasteiger partial charge on any atom is 0.137 e. The highest BCUT2D eigenvalue weighted by Gasteiger charge is 2.10. The third-order valence-electron chi connectivity index (χ3n) is 3.23. The van der Waals surface area contributed by atoms with Crippen LogP contribution in [-0.2, 0) is 0 Å². The second-order valence-corrected chi connectivity index (χ2v) is 5.23. The second kappa shape index (κ2) is 5.50. The van der Waals surface area contributed by atoms with E-state index >= 15 is 0 Å². The fourth-order valence-corrected chi connectivity index (χ4v) is 2.37. The Hall–Kier alpha value is -2.46. The molecule has 3 aromatic rings. The predicted molar refractivity (Wildman–Crippen MR) is 88.9 cm³/mol. The summed E-state index contributed by atoms with van der Waals surface area (Å²) < 4.78 is 6.03. The highest BCUT2D eigenvalue weighted by atomic mass is 32.1. The molecule has 3 nitrogen and oxygen atoms in total.